The maximum atomic E-state index is 11.1. The smallest absolute Gasteiger partial charge is 0.229 e. The van der Waals surface area contributed by atoms with E-state index in [0.717, 1.165) is 25.2 Å². The maximum absolute atomic E-state index is 11.1. The number of rotatable bonds is 8. The largest absolute Gasteiger partial charge is 0.366 e. The highest BCUT2D eigenvalue weighted by molar-refractivity contribution is 5.56. The van der Waals surface area contributed by atoms with Crippen LogP contribution in [0.1, 0.15) is 72.6 Å². The number of ether oxygens (including phenoxy) is 1. The highest BCUT2D eigenvalue weighted by atomic mass is 16.5. The highest BCUT2D eigenvalue weighted by Crippen LogP contribution is 2.36. The monoisotopic (exact) mass is 267 g/mol. The molecule has 4 atom stereocenters. The summed E-state index contributed by atoms with van der Waals surface area (Å²) in [7, 11) is 0. The Hall–Kier alpha value is -0.370. The molecule has 2 nitrogen and oxygen atoms in total. The molecule has 1 saturated carbocycles. The third-order valence-corrected chi connectivity index (χ3v) is 4.50. The predicted octanol–water partition coefficient (Wildman–Crippen LogP) is 4.52. The minimum atomic E-state index is -0.303. The first-order chi connectivity index (χ1) is 9.08. The fourth-order valence-corrected chi connectivity index (χ4v) is 3.22. The Morgan fingerprint density at radius 2 is 2.00 bits per heavy atom. The average molecular weight is 267 g/mol. The van der Waals surface area contributed by atoms with Crippen molar-refractivity contribution >= 4 is 6.29 Å². The second-order valence-electron chi connectivity index (χ2n) is 6.60. The predicted molar refractivity (Wildman–Crippen MR) is 79.8 cm³/mol. The number of unbranched alkanes of at least 4 members (excludes halogenated alkanes) is 2. The summed E-state index contributed by atoms with van der Waals surface area (Å²) in [6.07, 6.45) is 9.99. The Kier molecular flexibility index (Phi) is 7.67. The van der Waals surface area contributed by atoms with Crippen molar-refractivity contribution in [3.05, 3.63) is 0 Å². The zero-order valence-corrected chi connectivity index (χ0v) is 13.2. The number of hydrogen-bond donors (Lipinski definition) is 0. The molecule has 0 aromatic rings. The first kappa shape index (κ1) is 16.7. The van der Waals surface area contributed by atoms with Gasteiger partial charge in [-0.2, -0.15) is 0 Å². The molecule has 1 aliphatic carbocycles. The third-order valence-electron chi connectivity index (χ3n) is 4.50. The lowest BCUT2D eigenvalue weighted by molar-refractivity contribution is -0.0602. The van der Waals surface area contributed by atoms with Crippen LogP contribution in [0.15, 0.2) is 0 Å². The fraction of sp³-hybridized carbons (Fsp3) is 0.941. The van der Waals surface area contributed by atoms with E-state index in [-0.39, 0.29) is 12.2 Å². The summed E-state index contributed by atoms with van der Waals surface area (Å²) in [6.45, 7) is 9.02. The van der Waals surface area contributed by atoms with Crippen LogP contribution >= 0.6 is 0 Å². The van der Waals surface area contributed by atoms with Crippen molar-refractivity contribution in [2.24, 2.45) is 17.8 Å². The number of hydrogen-bond acceptors (Lipinski definition) is 2. The Balaban J connectivity index is 2.50. The van der Waals surface area contributed by atoms with Crippen LogP contribution in [0.2, 0.25) is 0 Å². The molecule has 4 unspecified atom stereocenters. The molecule has 111 valence electrons. The summed E-state index contributed by atoms with van der Waals surface area (Å²) in [4.78, 5) is 11.1. The van der Waals surface area contributed by atoms with Gasteiger partial charge in [0.2, 0.25) is 6.29 Å². The molecule has 0 heterocycles. The van der Waals surface area contributed by atoms with Gasteiger partial charge in [0.05, 0.1) is 6.10 Å². The van der Waals surface area contributed by atoms with Crippen LogP contribution in [-0.4, -0.2) is 18.5 Å². The van der Waals surface area contributed by atoms with Crippen LogP contribution in [0.4, 0.5) is 0 Å². The summed E-state index contributed by atoms with van der Waals surface area (Å²) in [5.41, 5.74) is 0. The second-order valence-corrected chi connectivity index (χ2v) is 6.60. The van der Waals surface area contributed by atoms with E-state index in [1.807, 2.05) is 0 Å². The normalized spacial score (nSPS) is 29.4. The lowest BCUT2D eigenvalue weighted by Crippen LogP contribution is -2.37. The van der Waals surface area contributed by atoms with Gasteiger partial charge in [0.1, 0.15) is 6.10 Å². The van der Waals surface area contributed by atoms with Crippen molar-refractivity contribution in [2.75, 3.05) is 0 Å². The molecule has 0 bridgehead atoms. The van der Waals surface area contributed by atoms with E-state index in [2.05, 4.69) is 34.0 Å². The molecular weight excluding hydrogens is 236 g/mol. The van der Waals surface area contributed by atoms with Crippen molar-refractivity contribution in [3.63, 3.8) is 0 Å². The molecule has 19 heavy (non-hydrogen) atoms. The van der Waals surface area contributed by atoms with Gasteiger partial charge < -0.3 is 4.74 Å². The van der Waals surface area contributed by atoms with E-state index in [1.54, 1.807) is 0 Å². The van der Waals surface area contributed by atoms with E-state index < -0.39 is 0 Å². The lowest BCUT2D eigenvalue weighted by atomic mass is 9.75. The van der Waals surface area contributed by atoms with Gasteiger partial charge in [-0.25, -0.2) is 0 Å². The summed E-state index contributed by atoms with van der Waals surface area (Å²) < 4.78 is 6.11. The summed E-state index contributed by atoms with van der Waals surface area (Å²) in [5.74, 6) is 1.97. The van der Waals surface area contributed by atoms with Crippen LogP contribution in [0.5, 0.6) is 0 Å². The van der Waals surface area contributed by atoms with Gasteiger partial charge in [-0.05, 0) is 37.0 Å². The van der Waals surface area contributed by atoms with Crippen molar-refractivity contribution in [3.8, 4) is 0 Å². The van der Waals surface area contributed by atoms with Gasteiger partial charge in [0.25, 0.3) is 0 Å². The Bertz CT molecular complexity index is 250. The van der Waals surface area contributed by atoms with Gasteiger partial charge in [0, 0.05) is 0 Å². The molecule has 1 rings (SSSR count). The summed E-state index contributed by atoms with van der Waals surface area (Å²) in [5, 5.41) is 0. The summed E-state index contributed by atoms with van der Waals surface area (Å²) in [6, 6.07) is 0. The zero-order chi connectivity index (χ0) is 14.3. The molecule has 0 N–H and O–H groups in total. The average Bonchev–Trinajstić information content (AvgIpc) is 2.37. The lowest BCUT2D eigenvalue weighted by Gasteiger charge is -2.38. The van der Waals surface area contributed by atoms with Gasteiger partial charge in [0.15, 0.2) is 0 Å². The van der Waals surface area contributed by atoms with Crippen LogP contribution in [-0.2, 0) is 9.53 Å². The molecule has 2 heteroatoms. The number of carbonyl (C=O) groups excluding carboxylic acids is 1. The van der Waals surface area contributed by atoms with E-state index >= 15 is 0 Å². The molecule has 0 aromatic carbocycles. The van der Waals surface area contributed by atoms with Gasteiger partial charge in [-0.1, -0.05) is 53.4 Å². The van der Waals surface area contributed by atoms with E-state index in [1.165, 1.54) is 25.7 Å². The first-order valence-corrected chi connectivity index (χ1v) is 8.11. The minimum Gasteiger partial charge on any atom is -0.366 e. The minimum absolute atomic E-state index is 0.261. The van der Waals surface area contributed by atoms with E-state index in [9.17, 15) is 4.79 Å². The van der Waals surface area contributed by atoms with Crippen LogP contribution < -0.4 is 0 Å². The van der Waals surface area contributed by atoms with Crippen molar-refractivity contribution in [2.45, 2.75) is 84.8 Å². The topological polar surface area (TPSA) is 26.3 Å². The zero-order valence-electron chi connectivity index (χ0n) is 13.2. The fourth-order valence-electron chi connectivity index (χ4n) is 3.22. The highest BCUT2D eigenvalue weighted by Gasteiger charge is 2.33. The Morgan fingerprint density at radius 1 is 1.26 bits per heavy atom. The standard InChI is InChI=1S/C17H31O2/c1-5-6-7-8-15(12-18)19-17-11-14(4)9-10-16(17)13(2)3/h13-17H,5-11H2,1-4H3. The van der Waals surface area contributed by atoms with Crippen molar-refractivity contribution in [1.29, 1.82) is 0 Å². The molecule has 0 saturated heterocycles. The molecule has 1 radical (unpaired) electrons. The molecule has 1 aliphatic rings. The summed E-state index contributed by atoms with van der Waals surface area (Å²) >= 11 is 0. The molecule has 0 aromatic heterocycles. The maximum Gasteiger partial charge on any atom is 0.229 e. The van der Waals surface area contributed by atoms with Crippen LogP contribution in [0.25, 0.3) is 0 Å². The molecule has 1 fully saturated rings. The van der Waals surface area contributed by atoms with E-state index in [0.29, 0.717) is 11.8 Å². The molecule has 0 aliphatic heterocycles. The van der Waals surface area contributed by atoms with Gasteiger partial charge in [-0.3, -0.25) is 4.79 Å². The third kappa shape index (κ3) is 5.64. The van der Waals surface area contributed by atoms with Crippen LogP contribution in [0, 0.1) is 17.8 Å². The van der Waals surface area contributed by atoms with Crippen molar-refractivity contribution in [1.82, 2.24) is 0 Å². The van der Waals surface area contributed by atoms with Gasteiger partial charge in [-0.15, -0.1) is 0 Å². The van der Waals surface area contributed by atoms with Gasteiger partial charge >= 0.3 is 0 Å². The molecular formula is C17H31O2. The molecule has 0 amide bonds. The molecule has 0 spiro atoms. The Morgan fingerprint density at radius 3 is 2.58 bits per heavy atom. The quantitative estimate of drug-likeness (QED) is 0.604. The SMILES string of the molecule is CCCCCC([C]=O)OC1CC(C)CCC1C(C)C. The first-order valence-electron chi connectivity index (χ1n) is 8.11. The Labute approximate surface area is 119 Å². The van der Waals surface area contributed by atoms with Crippen molar-refractivity contribution < 1.29 is 9.53 Å². The van der Waals surface area contributed by atoms with E-state index in [4.69, 9.17) is 4.74 Å². The second kappa shape index (κ2) is 8.73. The van der Waals surface area contributed by atoms with Crippen LogP contribution in [0.3, 0.4) is 0 Å².